The highest BCUT2D eigenvalue weighted by atomic mass is 16.5. The van der Waals surface area contributed by atoms with Gasteiger partial charge in [0.05, 0.1) is 12.7 Å². The molecule has 0 aliphatic heterocycles. The number of anilines is 2. The molecule has 0 aliphatic rings. The fourth-order valence-electron chi connectivity index (χ4n) is 1.36. The van der Waals surface area contributed by atoms with E-state index in [1.807, 2.05) is 0 Å². The number of hydrogen-bond donors (Lipinski definition) is 2. The van der Waals surface area contributed by atoms with E-state index in [-0.39, 0.29) is 5.91 Å². The van der Waals surface area contributed by atoms with E-state index >= 15 is 0 Å². The van der Waals surface area contributed by atoms with Crippen molar-refractivity contribution in [1.82, 2.24) is 5.16 Å². The quantitative estimate of drug-likeness (QED) is 0.784. The van der Waals surface area contributed by atoms with Crippen molar-refractivity contribution in [2.45, 2.75) is 0 Å². The smallest absolute Gasteiger partial charge is 0.260 e. The van der Waals surface area contributed by atoms with Crippen LogP contribution in [-0.4, -0.2) is 18.2 Å². The van der Waals surface area contributed by atoms with Crippen molar-refractivity contribution in [2.24, 2.45) is 0 Å². The molecule has 0 fully saturated rings. The lowest BCUT2D eigenvalue weighted by Crippen LogP contribution is -2.13. The van der Waals surface area contributed by atoms with Crippen LogP contribution in [0.5, 0.6) is 5.75 Å². The lowest BCUT2D eigenvalue weighted by atomic mass is 10.1. The molecule has 0 radical (unpaired) electrons. The second kappa shape index (κ2) is 4.56. The zero-order valence-corrected chi connectivity index (χ0v) is 9.14. The van der Waals surface area contributed by atoms with Crippen LogP contribution in [0.4, 0.5) is 11.5 Å². The van der Waals surface area contributed by atoms with Crippen LogP contribution in [0.3, 0.4) is 0 Å². The van der Waals surface area contributed by atoms with E-state index in [9.17, 15) is 4.79 Å². The Morgan fingerprint density at radius 3 is 2.94 bits per heavy atom. The molecule has 1 heterocycles. The molecule has 0 aliphatic carbocycles. The van der Waals surface area contributed by atoms with Gasteiger partial charge in [0, 0.05) is 17.8 Å². The van der Waals surface area contributed by atoms with E-state index in [0.717, 1.165) is 0 Å². The highest BCUT2D eigenvalue weighted by molar-refractivity contribution is 6.05. The van der Waals surface area contributed by atoms with Gasteiger partial charge in [0.1, 0.15) is 12.0 Å². The van der Waals surface area contributed by atoms with Crippen LogP contribution in [0.2, 0.25) is 0 Å². The lowest BCUT2D eigenvalue weighted by Gasteiger charge is -2.08. The Morgan fingerprint density at radius 1 is 1.47 bits per heavy atom. The standard InChI is InChI=1S/C11H11N3O3/c1-16-9-6-7(12)2-3-8(9)11(15)13-10-4-5-17-14-10/h2-6H,12H2,1H3,(H,13,14,15). The first-order chi connectivity index (χ1) is 8.20. The Balaban J connectivity index is 2.24. The van der Waals surface area contributed by atoms with Crippen molar-refractivity contribution in [1.29, 1.82) is 0 Å². The summed E-state index contributed by atoms with van der Waals surface area (Å²) >= 11 is 0. The summed E-state index contributed by atoms with van der Waals surface area (Å²) in [4.78, 5) is 11.9. The summed E-state index contributed by atoms with van der Waals surface area (Å²) in [5, 5.41) is 6.15. The third kappa shape index (κ3) is 2.36. The summed E-state index contributed by atoms with van der Waals surface area (Å²) in [6, 6.07) is 6.34. The van der Waals surface area contributed by atoms with E-state index in [4.69, 9.17) is 10.5 Å². The summed E-state index contributed by atoms with van der Waals surface area (Å²) in [5.41, 5.74) is 6.51. The maximum atomic E-state index is 11.9. The van der Waals surface area contributed by atoms with E-state index in [2.05, 4.69) is 15.0 Å². The fourth-order valence-corrected chi connectivity index (χ4v) is 1.36. The number of benzene rings is 1. The van der Waals surface area contributed by atoms with Crippen LogP contribution in [0.25, 0.3) is 0 Å². The minimum atomic E-state index is -0.337. The summed E-state index contributed by atoms with van der Waals surface area (Å²) in [7, 11) is 1.47. The topological polar surface area (TPSA) is 90.4 Å². The summed E-state index contributed by atoms with van der Waals surface area (Å²) in [6.45, 7) is 0. The number of amides is 1. The van der Waals surface area contributed by atoms with Gasteiger partial charge in [-0.05, 0) is 12.1 Å². The van der Waals surface area contributed by atoms with Gasteiger partial charge in [0.25, 0.3) is 5.91 Å². The van der Waals surface area contributed by atoms with Crippen LogP contribution in [0.15, 0.2) is 35.1 Å². The molecule has 6 heteroatoms. The molecular formula is C11H11N3O3. The monoisotopic (exact) mass is 233 g/mol. The van der Waals surface area contributed by atoms with Crippen molar-refractivity contribution in [3.63, 3.8) is 0 Å². The summed E-state index contributed by atoms with van der Waals surface area (Å²) in [6.07, 6.45) is 1.37. The van der Waals surface area contributed by atoms with Gasteiger partial charge in [-0.2, -0.15) is 0 Å². The van der Waals surface area contributed by atoms with E-state index < -0.39 is 0 Å². The Hall–Kier alpha value is -2.50. The van der Waals surface area contributed by atoms with Gasteiger partial charge in [0.2, 0.25) is 0 Å². The van der Waals surface area contributed by atoms with Crippen molar-refractivity contribution in [3.05, 3.63) is 36.1 Å². The average Bonchev–Trinajstić information content (AvgIpc) is 2.81. The van der Waals surface area contributed by atoms with Crippen molar-refractivity contribution in [3.8, 4) is 5.75 Å². The van der Waals surface area contributed by atoms with Gasteiger partial charge in [-0.15, -0.1) is 0 Å². The van der Waals surface area contributed by atoms with Gasteiger partial charge in [-0.3, -0.25) is 4.79 Å². The molecule has 1 amide bonds. The van der Waals surface area contributed by atoms with Gasteiger partial charge in [-0.1, -0.05) is 5.16 Å². The summed E-state index contributed by atoms with van der Waals surface area (Å²) < 4.78 is 9.69. The van der Waals surface area contributed by atoms with Crippen LogP contribution < -0.4 is 15.8 Å². The Kier molecular flexibility index (Phi) is 2.95. The maximum absolute atomic E-state index is 11.9. The Morgan fingerprint density at radius 2 is 2.29 bits per heavy atom. The number of rotatable bonds is 3. The number of aromatic nitrogens is 1. The van der Waals surface area contributed by atoms with Gasteiger partial charge < -0.3 is 20.3 Å². The zero-order chi connectivity index (χ0) is 12.3. The average molecular weight is 233 g/mol. The number of methoxy groups -OCH3 is 1. The summed E-state index contributed by atoms with van der Waals surface area (Å²) in [5.74, 6) is 0.413. The molecule has 0 spiro atoms. The van der Waals surface area contributed by atoms with Crippen LogP contribution >= 0.6 is 0 Å². The normalized spacial score (nSPS) is 9.94. The number of carbonyl (C=O) groups is 1. The van der Waals surface area contributed by atoms with E-state index in [0.29, 0.717) is 22.8 Å². The molecule has 6 nitrogen and oxygen atoms in total. The number of nitrogen functional groups attached to an aromatic ring is 1. The SMILES string of the molecule is COc1cc(N)ccc1C(=O)Nc1ccon1. The molecule has 1 aromatic heterocycles. The molecule has 88 valence electrons. The number of nitrogens with zero attached hydrogens (tertiary/aromatic N) is 1. The van der Waals surface area contributed by atoms with Gasteiger partial charge in [0.15, 0.2) is 5.82 Å². The van der Waals surface area contributed by atoms with Crippen LogP contribution in [0.1, 0.15) is 10.4 Å². The van der Waals surface area contributed by atoms with Crippen molar-refractivity contribution < 1.29 is 14.1 Å². The van der Waals surface area contributed by atoms with Crippen molar-refractivity contribution >= 4 is 17.4 Å². The minimum Gasteiger partial charge on any atom is -0.496 e. The number of nitrogens with two attached hydrogens (primary N) is 1. The van der Waals surface area contributed by atoms with Crippen molar-refractivity contribution in [2.75, 3.05) is 18.2 Å². The highest BCUT2D eigenvalue weighted by Gasteiger charge is 2.13. The second-order valence-electron chi connectivity index (χ2n) is 3.30. The second-order valence-corrected chi connectivity index (χ2v) is 3.30. The first-order valence-corrected chi connectivity index (χ1v) is 4.86. The first-order valence-electron chi connectivity index (χ1n) is 4.86. The third-order valence-electron chi connectivity index (χ3n) is 2.15. The van der Waals surface area contributed by atoms with Crippen LogP contribution in [-0.2, 0) is 0 Å². The molecule has 2 aromatic rings. The maximum Gasteiger partial charge on any atom is 0.260 e. The molecule has 17 heavy (non-hydrogen) atoms. The minimum absolute atomic E-state index is 0.337. The Labute approximate surface area is 97.3 Å². The predicted molar refractivity (Wildman–Crippen MR) is 61.9 cm³/mol. The van der Waals surface area contributed by atoms with Gasteiger partial charge in [-0.25, -0.2) is 0 Å². The fraction of sp³-hybridized carbons (Fsp3) is 0.0909. The van der Waals surface area contributed by atoms with Crippen LogP contribution in [0, 0.1) is 0 Å². The Bertz CT molecular complexity index is 523. The highest BCUT2D eigenvalue weighted by Crippen LogP contribution is 2.22. The molecule has 0 saturated carbocycles. The molecule has 0 saturated heterocycles. The number of hydrogen-bond acceptors (Lipinski definition) is 5. The predicted octanol–water partition coefficient (Wildman–Crippen LogP) is 1.52. The molecule has 2 rings (SSSR count). The van der Waals surface area contributed by atoms with E-state index in [1.165, 1.54) is 13.4 Å². The molecule has 0 unspecified atom stereocenters. The molecule has 0 atom stereocenters. The third-order valence-corrected chi connectivity index (χ3v) is 2.15. The first kappa shape index (κ1) is 11.0. The van der Waals surface area contributed by atoms with E-state index in [1.54, 1.807) is 24.3 Å². The lowest BCUT2D eigenvalue weighted by molar-refractivity contribution is 0.102. The number of ether oxygens (including phenoxy) is 1. The number of nitrogens with one attached hydrogen (secondary N) is 1. The molecular weight excluding hydrogens is 222 g/mol. The largest absolute Gasteiger partial charge is 0.496 e. The van der Waals surface area contributed by atoms with Gasteiger partial charge >= 0.3 is 0 Å². The number of carbonyl (C=O) groups excluding carboxylic acids is 1. The molecule has 3 N–H and O–H groups in total. The molecule has 0 bridgehead atoms. The zero-order valence-electron chi connectivity index (χ0n) is 9.14. The molecule has 1 aromatic carbocycles.